The number of aromatic nitrogens is 2. The summed E-state index contributed by atoms with van der Waals surface area (Å²) in [6, 6.07) is 10.1. The smallest absolute Gasteiger partial charge is 0.348 e. The van der Waals surface area contributed by atoms with Crippen LogP contribution in [0.25, 0.3) is 0 Å². The minimum absolute atomic E-state index is 0.0572. The molecule has 0 saturated heterocycles. The highest BCUT2D eigenvalue weighted by molar-refractivity contribution is 7.15. The molecule has 0 aliphatic heterocycles. The van der Waals surface area contributed by atoms with Gasteiger partial charge < -0.3 is 19.3 Å². The Morgan fingerprint density at radius 3 is 2.62 bits per heavy atom. The Kier molecular flexibility index (Phi) is 6.35. The Morgan fingerprint density at radius 1 is 1.14 bits per heavy atom. The van der Waals surface area contributed by atoms with Crippen LogP contribution in [0, 0.1) is 0 Å². The number of para-hydroxylation sites is 2. The molecule has 150 valence electrons. The zero-order valence-electron chi connectivity index (χ0n) is 15.6. The van der Waals surface area contributed by atoms with E-state index in [1.807, 2.05) is 0 Å². The average Bonchev–Trinajstić information content (AvgIpc) is 3.36. The SMILES string of the molecule is COc1ccccc1NC(=O)Cc1noc(COC(=O)c2ccc(C(C)=O)s2)n1. The second-order valence-electron chi connectivity index (χ2n) is 5.83. The van der Waals surface area contributed by atoms with Gasteiger partial charge in [-0.25, -0.2) is 4.79 Å². The van der Waals surface area contributed by atoms with Gasteiger partial charge in [-0.05, 0) is 31.2 Å². The van der Waals surface area contributed by atoms with E-state index in [4.69, 9.17) is 14.0 Å². The summed E-state index contributed by atoms with van der Waals surface area (Å²) in [5.74, 6) is -0.337. The largest absolute Gasteiger partial charge is 0.495 e. The molecule has 29 heavy (non-hydrogen) atoms. The lowest BCUT2D eigenvalue weighted by atomic mass is 10.2. The molecule has 0 aliphatic carbocycles. The highest BCUT2D eigenvalue weighted by Gasteiger charge is 2.16. The van der Waals surface area contributed by atoms with Crippen molar-refractivity contribution in [1.29, 1.82) is 0 Å². The number of amides is 1. The fourth-order valence-corrected chi connectivity index (χ4v) is 3.14. The molecule has 10 heteroatoms. The molecule has 3 rings (SSSR count). The summed E-state index contributed by atoms with van der Waals surface area (Å²) in [5, 5.41) is 6.41. The number of carbonyl (C=O) groups is 3. The normalized spacial score (nSPS) is 10.4. The van der Waals surface area contributed by atoms with Crippen LogP contribution in [-0.4, -0.2) is 34.9 Å². The molecule has 0 unspecified atom stereocenters. The molecular formula is C19H17N3O6S. The standard InChI is InChI=1S/C19H17N3O6S/c1-11(23)14-7-8-15(29-14)19(25)27-10-18-21-16(22-28-18)9-17(24)20-12-5-3-4-6-13(12)26-2/h3-8H,9-10H2,1-2H3,(H,20,24). The van der Waals surface area contributed by atoms with Gasteiger partial charge in [0.2, 0.25) is 5.91 Å². The molecule has 0 radical (unpaired) electrons. The second kappa shape index (κ2) is 9.11. The van der Waals surface area contributed by atoms with Crippen molar-refractivity contribution in [3.63, 3.8) is 0 Å². The number of hydrogen-bond donors (Lipinski definition) is 1. The summed E-state index contributed by atoms with van der Waals surface area (Å²) in [6.07, 6.45) is -0.123. The monoisotopic (exact) mass is 415 g/mol. The molecule has 2 aromatic heterocycles. The van der Waals surface area contributed by atoms with E-state index in [1.165, 1.54) is 20.1 Å². The average molecular weight is 415 g/mol. The van der Waals surface area contributed by atoms with E-state index in [0.29, 0.717) is 21.2 Å². The van der Waals surface area contributed by atoms with Gasteiger partial charge in [-0.2, -0.15) is 4.98 Å². The fourth-order valence-electron chi connectivity index (χ4n) is 2.34. The molecule has 2 heterocycles. The van der Waals surface area contributed by atoms with E-state index in [2.05, 4.69) is 15.5 Å². The number of hydrogen-bond acceptors (Lipinski definition) is 9. The molecule has 0 saturated carbocycles. The first-order valence-electron chi connectivity index (χ1n) is 8.48. The molecule has 1 amide bonds. The van der Waals surface area contributed by atoms with Crippen molar-refractivity contribution in [1.82, 2.24) is 10.1 Å². The van der Waals surface area contributed by atoms with Crippen molar-refractivity contribution in [2.45, 2.75) is 20.0 Å². The maximum Gasteiger partial charge on any atom is 0.348 e. The number of carbonyl (C=O) groups excluding carboxylic acids is 3. The Labute approximate surface area is 169 Å². The molecule has 0 spiro atoms. The third-order valence-electron chi connectivity index (χ3n) is 3.69. The van der Waals surface area contributed by atoms with Gasteiger partial charge >= 0.3 is 5.97 Å². The number of ether oxygens (including phenoxy) is 2. The van der Waals surface area contributed by atoms with E-state index in [9.17, 15) is 14.4 Å². The molecular weight excluding hydrogens is 398 g/mol. The van der Waals surface area contributed by atoms with Crippen LogP contribution in [0.2, 0.25) is 0 Å². The molecule has 0 aliphatic rings. The quantitative estimate of drug-likeness (QED) is 0.440. The van der Waals surface area contributed by atoms with Crippen LogP contribution in [0.4, 0.5) is 5.69 Å². The number of esters is 1. The number of thiophene rings is 1. The zero-order valence-corrected chi connectivity index (χ0v) is 16.4. The predicted octanol–water partition coefficient (Wildman–Crippen LogP) is 2.88. The summed E-state index contributed by atoms with van der Waals surface area (Å²) in [6.45, 7) is 1.18. The zero-order chi connectivity index (χ0) is 20.8. The van der Waals surface area contributed by atoms with Crippen molar-refractivity contribution in [2.75, 3.05) is 12.4 Å². The number of nitrogens with one attached hydrogen (secondary N) is 1. The lowest BCUT2D eigenvalue weighted by Gasteiger charge is -2.08. The highest BCUT2D eigenvalue weighted by atomic mass is 32.1. The van der Waals surface area contributed by atoms with Gasteiger partial charge in [-0.3, -0.25) is 9.59 Å². The lowest BCUT2D eigenvalue weighted by Crippen LogP contribution is -2.15. The van der Waals surface area contributed by atoms with Gasteiger partial charge in [0.05, 0.1) is 24.1 Å². The van der Waals surface area contributed by atoms with E-state index in [0.717, 1.165) is 11.3 Å². The van der Waals surface area contributed by atoms with E-state index >= 15 is 0 Å². The van der Waals surface area contributed by atoms with Crippen molar-refractivity contribution >= 4 is 34.7 Å². The maximum absolute atomic E-state index is 12.2. The number of rotatable bonds is 8. The number of benzene rings is 1. The molecule has 1 N–H and O–H groups in total. The number of Topliss-reactive ketones (excluding diaryl/α,β-unsaturated/α-hetero) is 1. The lowest BCUT2D eigenvalue weighted by molar-refractivity contribution is -0.115. The Morgan fingerprint density at radius 2 is 1.90 bits per heavy atom. The highest BCUT2D eigenvalue weighted by Crippen LogP contribution is 2.23. The van der Waals surface area contributed by atoms with E-state index < -0.39 is 5.97 Å². The van der Waals surface area contributed by atoms with Crippen LogP contribution in [-0.2, 0) is 22.6 Å². The molecule has 3 aromatic rings. The van der Waals surface area contributed by atoms with Crippen molar-refractivity contribution in [2.24, 2.45) is 0 Å². The van der Waals surface area contributed by atoms with Crippen LogP contribution in [0.3, 0.4) is 0 Å². The van der Waals surface area contributed by atoms with Gasteiger partial charge in [0.25, 0.3) is 5.89 Å². The predicted molar refractivity (Wildman–Crippen MR) is 103 cm³/mol. The Hall–Kier alpha value is -3.53. The number of methoxy groups -OCH3 is 1. The third-order valence-corrected chi connectivity index (χ3v) is 4.86. The van der Waals surface area contributed by atoms with Gasteiger partial charge in [-0.15, -0.1) is 11.3 Å². The minimum Gasteiger partial charge on any atom is -0.495 e. The summed E-state index contributed by atoms with van der Waals surface area (Å²) < 4.78 is 15.3. The van der Waals surface area contributed by atoms with Crippen LogP contribution >= 0.6 is 11.3 Å². The summed E-state index contributed by atoms with van der Waals surface area (Å²) in [7, 11) is 1.51. The topological polar surface area (TPSA) is 121 Å². The van der Waals surface area contributed by atoms with Gasteiger partial charge in [0, 0.05) is 0 Å². The fraction of sp³-hybridized carbons (Fsp3) is 0.211. The first-order valence-corrected chi connectivity index (χ1v) is 9.30. The first kappa shape index (κ1) is 20.2. The summed E-state index contributed by atoms with van der Waals surface area (Å²) >= 11 is 1.05. The number of nitrogens with zero attached hydrogens (tertiary/aromatic N) is 2. The second-order valence-corrected chi connectivity index (χ2v) is 6.91. The van der Waals surface area contributed by atoms with Crippen LogP contribution < -0.4 is 10.1 Å². The first-order chi connectivity index (χ1) is 14.0. The van der Waals surface area contributed by atoms with Gasteiger partial charge in [0.15, 0.2) is 18.2 Å². The van der Waals surface area contributed by atoms with Crippen molar-refractivity contribution < 1.29 is 28.4 Å². The van der Waals surface area contributed by atoms with E-state index in [1.54, 1.807) is 30.3 Å². The van der Waals surface area contributed by atoms with Crippen molar-refractivity contribution in [3.8, 4) is 5.75 Å². The van der Waals surface area contributed by atoms with Crippen LogP contribution in [0.5, 0.6) is 5.75 Å². The van der Waals surface area contributed by atoms with Crippen LogP contribution in [0.1, 0.15) is 38.0 Å². The molecule has 0 fully saturated rings. The van der Waals surface area contributed by atoms with E-state index in [-0.39, 0.29) is 36.4 Å². The molecule has 9 nitrogen and oxygen atoms in total. The molecule has 0 atom stereocenters. The van der Waals surface area contributed by atoms with Gasteiger partial charge in [-0.1, -0.05) is 17.3 Å². The van der Waals surface area contributed by atoms with Gasteiger partial charge in [0.1, 0.15) is 10.6 Å². The molecule has 0 bridgehead atoms. The number of anilines is 1. The third kappa shape index (κ3) is 5.26. The Balaban J connectivity index is 1.53. The van der Waals surface area contributed by atoms with Crippen LogP contribution in [0.15, 0.2) is 40.9 Å². The molecule has 1 aromatic carbocycles. The Bertz CT molecular complexity index is 1040. The number of ketones is 1. The maximum atomic E-state index is 12.2. The summed E-state index contributed by atoms with van der Waals surface area (Å²) in [4.78, 5) is 40.3. The summed E-state index contributed by atoms with van der Waals surface area (Å²) in [5.41, 5.74) is 0.526. The van der Waals surface area contributed by atoms with Crippen molar-refractivity contribution in [3.05, 3.63) is 57.9 Å². The minimum atomic E-state index is -0.601.